The van der Waals surface area contributed by atoms with Crippen molar-refractivity contribution < 1.29 is 14.6 Å². The zero-order valence-electron chi connectivity index (χ0n) is 19.9. The number of fused-ring (bicyclic) bond motifs is 1. The molecule has 1 aliphatic carbocycles. The van der Waals surface area contributed by atoms with Gasteiger partial charge in [-0.15, -0.1) is 11.3 Å². The average Bonchev–Trinajstić information content (AvgIpc) is 3.62. The van der Waals surface area contributed by atoms with Gasteiger partial charge < -0.3 is 19.6 Å². The first kappa shape index (κ1) is 23.5. The zero-order chi connectivity index (χ0) is 24.4. The minimum Gasteiger partial charge on any atom is -0.497 e. The summed E-state index contributed by atoms with van der Waals surface area (Å²) in [7, 11) is 1.63. The number of para-hydroxylation sites is 1. The molecule has 2 N–H and O–H groups in total. The lowest BCUT2D eigenvalue weighted by Gasteiger charge is -2.24. The van der Waals surface area contributed by atoms with E-state index in [1.807, 2.05) is 60.8 Å². The second-order valence-electron chi connectivity index (χ2n) is 8.97. The van der Waals surface area contributed by atoms with E-state index >= 15 is 0 Å². The highest BCUT2D eigenvalue weighted by Crippen LogP contribution is 2.33. The van der Waals surface area contributed by atoms with Crippen LogP contribution in [-0.4, -0.2) is 52.4 Å². The number of aromatic amines is 1. The van der Waals surface area contributed by atoms with Gasteiger partial charge in [0.2, 0.25) is 0 Å². The van der Waals surface area contributed by atoms with E-state index in [0.717, 1.165) is 41.0 Å². The van der Waals surface area contributed by atoms with E-state index in [0.29, 0.717) is 35.2 Å². The summed E-state index contributed by atoms with van der Waals surface area (Å²) >= 11 is 1.46. The summed E-state index contributed by atoms with van der Waals surface area (Å²) in [6, 6.07) is 15.8. The topological polar surface area (TPSA) is 87.7 Å². The van der Waals surface area contributed by atoms with Crippen LogP contribution in [0.15, 0.2) is 58.7 Å². The third kappa shape index (κ3) is 5.40. The summed E-state index contributed by atoms with van der Waals surface area (Å²) in [6.07, 6.45) is 1.51. The molecule has 5 rings (SSSR count). The number of hydrogen-bond donors (Lipinski definition) is 2. The average molecular weight is 492 g/mol. The van der Waals surface area contributed by atoms with E-state index < -0.39 is 6.10 Å². The summed E-state index contributed by atoms with van der Waals surface area (Å²) in [5.74, 6) is 2.14. The van der Waals surface area contributed by atoms with Gasteiger partial charge in [0.05, 0.1) is 19.0 Å². The van der Waals surface area contributed by atoms with Crippen LogP contribution in [0.2, 0.25) is 0 Å². The number of nitrogens with zero attached hydrogens (tertiary/aromatic N) is 2. The van der Waals surface area contributed by atoms with E-state index in [1.54, 1.807) is 7.11 Å². The van der Waals surface area contributed by atoms with Crippen molar-refractivity contribution in [2.24, 2.45) is 0 Å². The Morgan fingerprint density at radius 2 is 2.06 bits per heavy atom. The summed E-state index contributed by atoms with van der Waals surface area (Å²) < 4.78 is 11.2. The lowest BCUT2D eigenvalue weighted by atomic mass is 10.1. The number of thiophene rings is 1. The van der Waals surface area contributed by atoms with E-state index in [2.05, 4.69) is 9.88 Å². The Balaban J connectivity index is 1.31. The highest BCUT2D eigenvalue weighted by Gasteiger charge is 2.31. The van der Waals surface area contributed by atoms with Crippen LogP contribution in [0.25, 0.3) is 21.3 Å². The number of rotatable bonds is 10. The number of nitrogens with one attached hydrogen (secondary N) is 1. The molecule has 1 fully saturated rings. The van der Waals surface area contributed by atoms with Gasteiger partial charge in [-0.25, -0.2) is 4.98 Å². The predicted octanol–water partition coefficient (Wildman–Crippen LogP) is 4.37. The molecule has 4 aromatic rings. The van der Waals surface area contributed by atoms with Gasteiger partial charge in [-0.2, -0.15) is 0 Å². The molecule has 1 atom stereocenters. The normalized spacial score (nSPS) is 14.4. The Bertz CT molecular complexity index is 1380. The molecular weight excluding hydrogens is 462 g/mol. The van der Waals surface area contributed by atoms with E-state index in [-0.39, 0.29) is 12.2 Å². The smallest absolute Gasteiger partial charge is 0.260 e. The van der Waals surface area contributed by atoms with Crippen molar-refractivity contribution in [1.29, 1.82) is 0 Å². The molecule has 1 saturated carbocycles. The van der Waals surface area contributed by atoms with E-state index in [1.165, 1.54) is 11.3 Å². The maximum atomic E-state index is 13.1. The third-order valence-corrected chi connectivity index (χ3v) is 7.13. The molecule has 0 aliphatic heterocycles. The van der Waals surface area contributed by atoms with Gasteiger partial charge in [-0.1, -0.05) is 30.3 Å². The molecule has 2 heterocycles. The van der Waals surface area contributed by atoms with Crippen molar-refractivity contribution in [1.82, 2.24) is 14.9 Å². The van der Waals surface area contributed by atoms with Gasteiger partial charge in [0.1, 0.15) is 34.9 Å². The lowest BCUT2D eigenvalue weighted by molar-refractivity contribution is 0.0615. The van der Waals surface area contributed by atoms with Crippen LogP contribution in [0, 0.1) is 6.92 Å². The molecule has 35 heavy (non-hydrogen) atoms. The summed E-state index contributed by atoms with van der Waals surface area (Å²) in [5.41, 5.74) is 2.67. The fourth-order valence-corrected chi connectivity index (χ4v) is 5.24. The molecule has 1 aliphatic rings. The highest BCUT2D eigenvalue weighted by molar-refractivity contribution is 7.17. The highest BCUT2D eigenvalue weighted by atomic mass is 32.1. The first-order chi connectivity index (χ1) is 17.0. The Hall–Kier alpha value is -3.20. The second kappa shape index (κ2) is 10.2. The summed E-state index contributed by atoms with van der Waals surface area (Å²) in [5, 5.41) is 13.2. The largest absolute Gasteiger partial charge is 0.497 e. The quantitative estimate of drug-likeness (QED) is 0.343. The Labute approximate surface area is 208 Å². The Morgan fingerprint density at radius 3 is 2.83 bits per heavy atom. The number of aliphatic hydroxyl groups is 1. The number of aliphatic hydroxyl groups excluding tert-OH is 1. The summed E-state index contributed by atoms with van der Waals surface area (Å²) in [4.78, 5) is 23.7. The van der Waals surface area contributed by atoms with Crippen LogP contribution in [0.1, 0.15) is 24.2 Å². The van der Waals surface area contributed by atoms with Gasteiger partial charge in [0.15, 0.2) is 0 Å². The fraction of sp³-hybridized carbons (Fsp3) is 0.333. The van der Waals surface area contributed by atoms with Gasteiger partial charge in [0, 0.05) is 23.5 Å². The Kier molecular flexibility index (Phi) is 6.86. The maximum Gasteiger partial charge on any atom is 0.260 e. The monoisotopic (exact) mass is 491 g/mol. The van der Waals surface area contributed by atoms with Crippen molar-refractivity contribution in [3.8, 4) is 22.6 Å². The first-order valence-electron chi connectivity index (χ1n) is 11.8. The fourth-order valence-electron chi connectivity index (χ4n) is 4.27. The molecule has 7 nitrogen and oxygen atoms in total. The van der Waals surface area contributed by atoms with Crippen LogP contribution in [-0.2, 0) is 6.54 Å². The Morgan fingerprint density at radius 1 is 1.23 bits per heavy atom. The van der Waals surface area contributed by atoms with Crippen LogP contribution in [0.5, 0.6) is 11.5 Å². The minimum absolute atomic E-state index is 0.150. The number of ether oxygens (including phenoxy) is 2. The third-order valence-electron chi connectivity index (χ3n) is 6.26. The molecular formula is C27H29N3O4S. The first-order valence-corrected chi connectivity index (χ1v) is 12.6. The standard InChI is InChI=1S/C27H29N3O4S/c1-17-6-3-4-9-23(17)34-15-20(31)13-30(19-10-11-19)14-24-28-26(32)25-22(16-35-27(25)29-24)18-7-5-8-21(12-18)33-2/h3-9,12,16,19-20,31H,10-11,13-15H2,1-2H3,(H,28,29,32). The maximum absolute atomic E-state index is 13.1. The van der Waals surface area contributed by atoms with Crippen molar-refractivity contribution in [2.45, 2.75) is 38.5 Å². The SMILES string of the molecule is COc1cccc(-c2csc3nc(CN(CC(O)COc4ccccc4C)C4CC4)[nH]c(=O)c23)c1. The molecule has 0 amide bonds. The van der Waals surface area contributed by atoms with Crippen LogP contribution >= 0.6 is 11.3 Å². The number of methoxy groups -OCH3 is 1. The van der Waals surface area contributed by atoms with Crippen molar-refractivity contribution in [2.75, 3.05) is 20.3 Å². The molecule has 2 aromatic carbocycles. The van der Waals surface area contributed by atoms with E-state index in [4.69, 9.17) is 14.5 Å². The number of benzene rings is 2. The van der Waals surface area contributed by atoms with Crippen molar-refractivity contribution >= 4 is 21.6 Å². The lowest BCUT2D eigenvalue weighted by Crippen LogP contribution is -2.37. The van der Waals surface area contributed by atoms with Gasteiger partial charge >= 0.3 is 0 Å². The number of aryl methyl sites for hydroxylation is 1. The van der Waals surface area contributed by atoms with Gasteiger partial charge in [-0.05, 0) is 49.1 Å². The predicted molar refractivity (Wildman–Crippen MR) is 138 cm³/mol. The number of aromatic nitrogens is 2. The van der Waals surface area contributed by atoms with Crippen molar-refractivity contribution in [3.05, 3.63) is 75.7 Å². The van der Waals surface area contributed by atoms with Crippen LogP contribution < -0.4 is 15.0 Å². The number of hydrogen-bond acceptors (Lipinski definition) is 7. The molecule has 0 radical (unpaired) electrons. The minimum atomic E-state index is -0.646. The van der Waals surface area contributed by atoms with E-state index in [9.17, 15) is 9.90 Å². The zero-order valence-corrected chi connectivity index (χ0v) is 20.7. The van der Waals surface area contributed by atoms with Gasteiger partial charge in [0.25, 0.3) is 5.56 Å². The molecule has 8 heteroatoms. The molecule has 1 unspecified atom stereocenters. The molecule has 0 saturated heterocycles. The van der Waals surface area contributed by atoms with Crippen LogP contribution in [0.4, 0.5) is 0 Å². The van der Waals surface area contributed by atoms with Gasteiger partial charge in [-0.3, -0.25) is 9.69 Å². The molecule has 182 valence electrons. The second-order valence-corrected chi connectivity index (χ2v) is 9.82. The summed E-state index contributed by atoms with van der Waals surface area (Å²) in [6.45, 7) is 3.13. The molecule has 0 bridgehead atoms. The van der Waals surface area contributed by atoms with Crippen molar-refractivity contribution in [3.63, 3.8) is 0 Å². The molecule has 2 aromatic heterocycles. The number of H-pyrrole nitrogens is 1. The van der Waals surface area contributed by atoms with Crippen LogP contribution in [0.3, 0.4) is 0 Å². The molecule has 0 spiro atoms.